The second-order valence-electron chi connectivity index (χ2n) is 18.6. The summed E-state index contributed by atoms with van der Waals surface area (Å²) in [6.07, 6.45) is -0.406. The molecule has 0 spiro atoms. The van der Waals surface area contributed by atoms with Crippen molar-refractivity contribution in [2.24, 2.45) is 0 Å². The number of hydrogen-bond acceptors (Lipinski definition) is 12. The van der Waals surface area contributed by atoms with Crippen LogP contribution in [0.5, 0.6) is 11.5 Å². The van der Waals surface area contributed by atoms with Crippen molar-refractivity contribution in [2.45, 2.75) is 101 Å². The van der Waals surface area contributed by atoms with E-state index in [1.54, 1.807) is 26.4 Å². The van der Waals surface area contributed by atoms with Gasteiger partial charge in [-0.3, -0.25) is 13.5 Å². The van der Waals surface area contributed by atoms with E-state index in [0.717, 1.165) is 31.9 Å². The molecule has 0 fully saturated rings. The van der Waals surface area contributed by atoms with Gasteiger partial charge >= 0.3 is 5.69 Å². The van der Waals surface area contributed by atoms with Gasteiger partial charge < -0.3 is 33.2 Å². The maximum atomic E-state index is 14.7. The summed E-state index contributed by atoms with van der Waals surface area (Å²) in [5.74, 6) is 1.23. The Kier molecular flexibility index (Phi) is 18.6. The van der Waals surface area contributed by atoms with Crippen molar-refractivity contribution in [3.63, 3.8) is 0 Å². The molecule has 14 nitrogen and oxygen atoms in total. The van der Waals surface area contributed by atoms with Crippen molar-refractivity contribution in [1.82, 2.24) is 9.13 Å². The summed E-state index contributed by atoms with van der Waals surface area (Å²) < 4.78 is 74.4. The van der Waals surface area contributed by atoms with Crippen LogP contribution in [0.1, 0.15) is 75.6 Å². The first kappa shape index (κ1) is 54.6. The standard InChI is InChI=1S/C55H68N2O12SSi/c1-40(2)71(41(3)4,42(5)6)68-38-54(36-58,37-66-55(45-18-14-11-15-19-45,46-22-26-48(63-8)27-23-46)47-24-28-49(64-9)29-25-47)69-52(35-67-70(61,62)50-30-20-43(7)21-31-50)56-33-32-51(59)57(53(56)60)39-65-34-44-16-12-10-13-17-44/h10-33,40-42,52,58H,34-39H2,1-9H3/t52-,54+/m1/s1. The zero-order valence-electron chi connectivity index (χ0n) is 42.1. The van der Waals surface area contributed by atoms with Gasteiger partial charge in [-0.2, -0.15) is 8.42 Å². The van der Waals surface area contributed by atoms with E-state index in [0.29, 0.717) is 22.6 Å². The van der Waals surface area contributed by atoms with Crippen molar-refractivity contribution in [3.05, 3.63) is 194 Å². The molecular weight excluding hydrogens is 941 g/mol. The predicted octanol–water partition coefficient (Wildman–Crippen LogP) is 9.36. The first-order valence-electron chi connectivity index (χ1n) is 23.8. The maximum absolute atomic E-state index is 14.7. The molecule has 6 rings (SSSR count). The molecule has 0 amide bonds. The first-order chi connectivity index (χ1) is 33.9. The van der Waals surface area contributed by atoms with Crippen LogP contribution >= 0.6 is 0 Å². The van der Waals surface area contributed by atoms with E-state index in [-0.39, 0.29) is 34.7 Å². The first-order valence-corrected chi connectivity index (χ1v) is 27.3. The Labute approximate surface area is 418 Å². The highest BCUT2D eigenvalue weighted by Gasteiger charge is 2.49. The molecule has 1 N–H and O–H groups in total. The number of hydrogen-bond donors (Lipinski definition) is 1. The number of aliphatic hydroxyl groups excluding tert-OH is 1. The molecule has 0 bridgehead atoms. The molecule has 5 aromatic carbocycles. The van der Waals surface area contributed by atoms with Crippen molar-refractivity contribution in [3.8, 4) is 11.5 Å². The number of methoxy groups -OCH3 is 2. The molecule has 0 radical (unpaired) electrons. The number of rotatable bonds is 26. The molecule has 1 heterocycles. The summed E-state index contributed by atoms with van der Waals surface area (Å²) in [6.45, 7) is 12.1. The van der Waals surface area contributed by atoms with Crippen LogP contribution in [0.2, 0.25) is 16.6 Å². The van der Waals surface area contributed by atoms with Gasteiger partial charge in [0.2, 0.25) is 0 Å². The quantitative estimate of drug-likeness (QED) is 0.0312. The average molecular weight is 1010 g/mol. The Hall–Kier alpha value is -5.69. The fourth-order valence-electron chi connectivity index (χ4n) is 9.39. The van der Waals surface area contributed by atoms with Crippen molar-refractivity contribution < 1.29 is 45.8 Å². The maximum Gasteiger partial charge on any atom is 0.335 e. The predicted molar refractivity (Wildman–Crippen MR) is 276 cm³/mol. The molecule has 2 atom stereocenters. The number of aliphatic hydroxyl groups is 1. The van der Waals surface area contributed by atoms with Crippen molar-refractivity contribution in [1.29, 1.82) is 0 Å². The molecule has 1 aromatic heterocycles. The van der Waals surface area contributed by atoms with Gasteiger partial charge in [-0.15, -0.1) is 0 Å². The number of aromatic nitrogens is 2. The topological polar surface area (TPSA) is 163 Å². The van der Waals surface area contributed by atoms with E-state index >= 15 is 0 Å². The molecule has 380 valence electrons. The van der Waals surface area contributed by atoms with Crippen molar-refractivity contribution >= 4 is 18.4 Å². The lowest BCUT2D eigenvalue weighted by Gasteiger charge is -2.46. The lowest BCUT2D eigenvalue weighted by molar-refractivity contribution is -0.210. The number of ether oxygens (including phenoxy) is 5. The van der Waals surface area contributed by atoms with Crippen molar-refractivity contribution in [2.75, 3.05) is 40.6 Å². The molecule has 0 saturated heterocycles. The minimum atomic E-state index is -4.47. The zero-order valence-corrected chi connectivity index (χ0v) is 44.0. The summed E-state index contributed by atoms with van der Waals surface area (Å²) in [7, 11) is -4.07. The van der Waals surface area contributed by atoms with E-state index in [2.05, 4.69) is 41.5 Å². The van der Waals surface area contributed by atoms with E-state index in [9.17, 15) is 23.1 Å². The third-order valence-electron chi connectivity index (χ3n) is 13.1. The summed E-state index contributed by atoms with van der Waals surface area (Å²) >= 11 is 0. The van der Waals surface area contributed by atoms with E-state index < -0.39 is 73.7 Å². The molecule has 0 aliphatic heterocycles. The minimum absolute atomic E-state index is 0.0977. The zero-order chi connectivity index (χ0) is 51.4. The highest BCUT2D eigenvalue weighted by atomic mass is 32.2. The molecule has 0 unspecified atom stereocenters. The smallest absolute Gasteiger partial charge is 0.335 e. The third-order valence-corrected chi connectivity index (χ3v) is 20.5. The molecule has 0 aliphatic carbocycles. The number of benzene rings is 5. The van der Waals surface area contributed by atoms with Gasteiger partial charge in [-0.05, 0) is 82.2 Å². The summed E-state index contributed by atoms with van der Waals surface area (Å²) in [6, 6.07) is 41.1. The summed E-state index contributed by atoms with van der Waals surface area (Å²) in [5, 5.41) is 12.0. The Morgan fingerprint density at radius 3 is 1.69 bits per heavy atom. The van der Waals surface area contributed by atoms with E-state index in [4.69, 9.17) is 32.3 Å². The van der Waals surface area contributed by atoms with Gasteiger partial charge in [0.15, 0.2) is 14.5 Å². The van der Waals surface area contributed by atoms with Crippen LogP contribution in [-0.2, 0) is 51.9 Å². The monoisotopic (exact) mass is 1010 g/mol. The fourth-order valence-corrected chi connectivity index (χ4v) is 15.8. The second kappa shape index (κ2) is 24.1. The van der Waals surface area contributed by atoms with E-state index in [1.165, 1.54) is 18.3 Å². The summed E-state index contributed by atoms with van der Waals surface area (Å²) in [4.78, 5) is 28.0. The highest BCUT2D eigenvalue weighted by molar-refractivity contribution is 7.86. The average Bonchev–Trinajstić information content (AvgIpc) is 3.37. The lowest BCUT2D eigenvalue weighted by Crippen LogP contribution is -2.56. The van der Waals surface area contributed by atoms with Crippen LogP contribution in [0.3, 0.4) is 0 Å². The lowest BCUT2D eigenvalue weighted by atomic mass is 9.79. The Balaban J connectivity index is 1.54. The molecule has 16 heteroatoms. The number of nitrogens with zero attached hydrogens (tertiary/aromatic N) is 2. The Morgan fingerprint density at radius 1 is 0.662 bits per heavy atom. The van der Waals surface area contributed by atoms with Crippen LogP contribution < -0.4 is 20.7 Å². The van der Waals surface area contributed by atoms with Gasteiger partial charge in [0.25, 0.3) is 15.7 Å². The largest absolute Gasteiger partial charge is 0.497 e. The molecular formula is C55H68N2O12SSi. The Bertz CT molecular complexity index is 2770. The van der Waals surface area contributed by atoms with Crippen LogP contribution in [0.4, 0.5) is 0 Å². The van der Waals surface area contributed by atoms with Crippen LogP contribution in [0, 0.1) is 6.92 Å². The van der Waals surface area contributed by atoms with Gasteiger partial charge in [-0.25, -0.2) is 9.36 Å². The van der Waals surface area contributed by atoms with E-state index in [1.807, 2.05) is 116 Å². The highest BCUT2D eigenvalue weighted by Crippen LogP contribution is 2.45. The normalized spacial score (nSPS) is 13.6. The molecule has 71 heavy (non-hydrogen) atoms. The Morgan fingerprint density at radius 2 is 1.18 bits per heavy atom. The van der Waals surface area contributed by atoms with Crippen LogP contribution in [0.25, 0.3) is 0 Å². The molecule has 0 aliphatic rings. The summed E-state index contributed by atoms with van der Waals surface area (Å²) in [5.41, 5.74) is -0.753. The second-order valence-corrected chi connectivity index (χ2v) is 25.7. The van der Waals surface area contributed by atoms with Gasteiger partial charge in [0.05, 0.1) is 45.5 Å². The SMILES string of the molecule is COc1ccc(C(OC[C@@](CO)(CO[Si](C(C)C)(C(C)C)C(C)C)O[C@H](COS(=O)(=O)c2ccc(C)cc2)n2ccc(=O)n(COCc3ccccc3)c2=O)(c2ccccc2)c2ccc(OC)cc2)cc1. The van der Waals surface area contributed by atoms with Crippen LogP contribution in [-0.4, -0.2) is 77.2 Å². The number of aryl methyl sites for hydroxylation is 1. The fraction of sp³-hybridized carbons (Fsp3) is 0.382. The van der Waals surface area contributed by atoms with Gasteiger partial charge in [0.1, 0.15) is 36.0 Å². The van der Waals surface area contributed by atoms with Gasteiger partial charge in [0, 0.05) is 12.3 Å². The third kappa shape index (κ3) is 12.5. The van der Waals surface area contributed by atoms with Crippen LogP contribution in [0.15, 0.2) is 160 Å². The molecule has 0 saturated carbocycles. The minimum Gasteiger partial charge on any atom is -0.497 e. The molecule has 6 aromatic rings. The van der Waals surface area contributed by atoms with Gasteiger partial charge in [-0.1, -0.05) is 144 Å².